The van der Waals surface area contributed by atoms with Gasteiger partial charge < -0.3 is 0 Å². The number of amides is 1. The van der Waals surface area contributed by atoms with Crippen molar-refractivity contribution in [2.45, 2.75) is 12.8 Å². The third kappa shape index (κ3) is 5.44. The fraction of sp³-hybridized carbons (Fsp3) is 0.364. The number of rotatable bonds is 6. The largest absolute Gasteiger partial charge is 0.292 e. The van der Waals surface area contributed by atoms with E-state index in [0.29, 0.717) is 12.2 Å². The Morgan fingerprint density at radius 3 is 2.67 bits per heavy atom. The SMILES string of the molecule is O=C(CCS)NNCCc1ccccc1. The Hall–Kier alpha value is -1.00. The first-order valence-corrected chi connectivity index (χ1v) is 5.62. The van der Waals surface area contributed by atoms with Gasteiger partial charge in [0.15, 0.2) is 0 Å². The Morgan fingerprint density at radius 1 is 1.27 bits per heavy atom. The fourth-order valence-electron chi connectivity index (χ4n) is 1.18. The second-order valence-corrected chi connectivity index (χ2v) is 3.63. The molecule has 3 nitrogen and oxygen atoms in total. The molecular weight excluding hydrogens is 208 g/mol. The van der Waals surface area contributed by atoms with E-state index in [9.17, 15) is 4.79 Å². The zero-order valence-electron chi connectivity index (χ0n) is 8.57. The standard InChI is InChI=1S/C11H16N2OS/c14-11(7-9-15)13-12-8-6-10-4-2-1-3-5-10/h1-5,12,15H,6-9H2,(H,13,14). The van der Waals surface area contributed by atoms with Crippen molar-refractivity contribution in [3.8, 4) is 0 Å². The van der Waals surface area contributed by atoms with Gasteiger partial charge >= 0.3 is 0 Å². The van der Waals surface area contributed by atoms with E-state index in [1.165, 1.54) is 5.56 Å². The first-order valence-electron chi connectivity index (χ1n) is 4.99. The van der Waals surface area contributed by atoms with Crippen molar-refractivity contribution in [3.05, 3.63) is 35.9 Å². The van der Waals surface area contributed by atoms with Crippen LogP contribution in [-0.4, -0.2) is 18.2 Å². The third-order valence-electron chi connectivity index (χ3n) is 1.95. The Morgan fingerprint density at radius 2 is 2.00 bits per heavy atom. The monoisotopic (exact) mass is 224 g/mol. The molecule has 1 amide bonds. The summed E-state index contributed by atoms with van der Waals surface area (Å²) in [6.07, 6.45) is 1.35. The summed E-state index contributed by atoms with van der Waals surface area (Å²) in [6, 6.07) is 10.1. The van der Waals surface area contributed by atoms with E-state index < -0.39 is 0 Å². The Balaban J connectivity index is 2.10. The fourth-order valence-corrected chi connectivity index (χ4v) is 1.38. The summed E-state index contributed by atoms with van der Waals surface area (Å²) < 4.78 is 0. The third-order valence-corrected chi connectivity index (χ3v) is 2.17. The molecule has 82 valence electrons. The zero-order chi connectivity index (χ0) is 10.9. The van der Waals surface area contributed by atoms with E-state index in [2.05, 4.69) is 35.6 Å². The number of thiol groups is 1. The van der Waals surface area contributed by atoms with Gasteiger partial charge in [0, 0.05) is 13.0 Å². The maximum atomic E-state index is 11.0. The van der Waals surface area contributed by atoms with Gasteiger partial charge in [0.05, 0.1) is 0 Å². The molecule has 0 fully saturated rings. The van der Waals surface area contributed by atoms with Gasteiger partial charge in [0.25, 0.3) is 0 Å². The normalized spacial score (nSPS) is 9.93. The number of carbonyl (C=O) groups excluding carboxylic acids is 1. The van der Waals surface area contributed by atoms with Gasteiger partial charge in [0.2, 0.25) is 5.91 Å². The van der Waals surface area contributed by atoms with E-state index in [1.54, 1.807) is 0 Å². The summed E-state index contributed by atoms with van der Waals surface area (Å²) in [6.45, 7) is 0.738. The van der Waals surface area contributed by atoms with Crippen molar-refractivity contribution >= 4 is 18.5 Å². The van der Waals surface area contributed by atoms with Gasteiger partial charge in [-0.3, -0.25) is 10.2 Å². The summed E-state index contributed by atoms with van der Waals surface area (Å²) in [5, 5.41) is 0. The number of benzene rings is 1. The molecule has 1 rings (SSSR count). The number of hydrogen-bond acceptors (Lipinski definition) is 3. The van der Waals surface area contributed by atoms with Crippen LogP contribution in [0.15, 0.2) is 30.3 Å². The van der Waals surface area contributed by atoms with Crippen LogP contribution in [0.25, 0.3) is 0 Å². The average molecular weight is 224 g/mol. The quantitative estimate of drug-likeness (QED) is 0.386. The predicted molar refractivity (Wildman–Crippen MR) is 64.8 cm³/mol. The van der Waals surface area contributed by atoms with Crippen LogP contribution in [0.4, 0.5) is 0 Å². The van der Waals surface area contributed by atoms with Gasteiger partial charge in [-0.15, -0.1) is 0 Å². The predicted octanol–water partition coefficient (Wildman–Crippen LogP) is 1.17. The molecule has 0 spiro atoms. The first-order chi connectivity index (χ1) is 7.33. The summed E-state index contributed by atoms with van der Waals surface area (Å²) in [4.78, 5) is 11.0. The van der Waals surface area contributed by atoms with E-state index in [1.807, 2.05) is 18.2 Å². The summed E-state index contributed by atoms with van der Waals surface area (Å²) in [5.74, 6) is 0.560. The van der Waals surface area contributed by atoms with Gasteiger partial charge in [-0.1, -0.05) is 30.3 Å². The molecule has 0 heterocycles. The average Bonchev–Trinajstić information content (AvgIpc) is 2.26. The van der Waals surface area contributed by atoms with Gasteiger partial charge in [-0.05, 0) is 17.7 Å². The summed E-state index contributed by atoms with van der Waals surface area (Å²) in [7, 11) is 0. The van der Waals surface area contributed by atoms with Crippen LogP contribution in [-0.2, 0) is 11.2 Å². The highest BCUT2D eigenvalue weighted by molar-refractivity contribution is 7.80. The van der Waals surface area contributed by atoms with Crippen molar-refractivity contribution in [2.75, 3.05) is 12.3 Å². The maximum Gasteiger partial charge on any atom is 0.234 e. The van der Waals surface area contributed by atoms with Crippen molar-refractivity contribution in [2.24, 2.45) is 0 Å². The first kappa shape index (κ1) is 12.1. The number of hydrogen-bond donors (Lipinski definition) is 3. The minimum atomic E-state index is -0.0157. The number of hydrazine groups is 1. The number of carbonyl (C=O) groups is 1. The second kappa shape index (κ2) is 7.31. The molecule has 0 saturated carbocycles. The molecule has 0 atom stereocenters. The minimum Gasteiger partial charge on any atom is -0.292 e. The Kier molecular flexibility index (Phi) is 5.88. The maximum absolute atomic E-state index is 11.0. The van der Waals surface area contributed by atoms with Crippen LogP contribution in [0.3, 0.4) is 0 Å². The zero-order valence-corrected chi connectivity index (χ0v) is 9.47. The van der Waals surface area contributed by atoms with E-state index in [-0.39, 0.29) is 5.91 Å². The molecule has 1 aromatic rings. The Labute approximate surface area is 95.6 Å². The molecule has 0 saturated heterocycles. The lowest BCUT2D eigenvalue weighted by molar-refractivity contribution is -0.121. The highest BCUT2D eigenvalue weighted by Gasteiger charge is 1.97. The lowest BCUT2D eigenvalue weighted by Crippen LogP contribution is -2.38. The smallest absolute Gasteiger partial charge is 0.234 e. The van der Waals surface area contributed by atoms with Crippen LogP contribution >= 0.6 is 12.6 Å². The molecule has 2 N–H and O–H groups in total. The molecule has 0 aliphatic rings. The molecule has 4 heteroatoms. The summed E-state index contributed by atoms with van der Waals surface area (Å²) >= 11 is 3.97. The highest BCUT2D eigenvalue weighted by Crippen LogP contribution is 1.97. The molecule has 1 aromatic carbocycles. The Bertz CT molecular complexity index is 290. The van der Waals surface area contributed by atoms with Crippen LogP contribution in [0.5, 0.6) is 0 Å². The minimum absolute atomic E-state index is 0.0157. The highest BCUT2D eigenvalue weighted by atomic mass is 32.1. The van der Waals surface area contributed by atoms with Crippen LogP contribution in [0, 0.1) is 0 Å². The van der Waals surface area contributed by atoms with Crippen LogP contribution in [0.1, 0.15) is 12.0 Å². The van der Waals surface area contributed by atoms with E-state index >= 15 is 0 Å². The molecule has 0 aromatic heterocycles. The van der Waals surface area contributed by atoms with Crippen molar-refractivity contribution in [1.29, 1.82) is 0 Å². The van der Waals surface area contributed by atoms with Crippen LogP contribution < -0.4 is 10.9 Å². The molecule has 0 radical (unpaired) electrons. The van der Waals surface area contributed by atoms with Gasteiger partial charge in [-0.2, -0.15) is 12.6 Å². The molecule has 0 aliphatic heterocycles. The second-order valence-electron chi connectivity index (χ2n) is 3.18. The van der Waals surface area contributed by atoms with Gasteiger partial charge in [-0.25, -0.2) is 5.43 Å². The molecule has 0 unspecified atom stereocenters. The molecule has 15 heavy (non-hydrogen) atoms. The van der Waals surface area contributed by atoms with Gasteiger partial charge in [0.1, 0.15) is 0 Å². The topological polar surface area (TPSA) is 41.1 Å². The van der Waals surface area contributed by atoms with E-state index in [4.69, 9.17) is 0 Å². The molecule has 0 aliphatic carbocycles. The molecule has 0 bridgehead atoms. The summed E-state index contributed by atoms with van der Waals surface area (Å²) in [5.41, 5.74) is 6.76. The van der Waals surface area contributed by atoms with Crippen molar-refractivity contribution < 1.29 is 4.79 Å². The van der Waals surface area contributed by atoms with Crippen molar-refractivity contribution in [3.63, 3.8) is 0 Å². The van der Waals surface area contributed by atoms with Crippen LogP contribution in [0.2, 0.25) is 0 Å². The lowest BCUT2D eigenvalue weighted by atomic mass is 10.2. The molecular formula is C11H16N2OS. The van der Waals surface area contributed by atoms with Crippen molar-refractivity contribution in [1.82, 2.24) is 10.9 Å². The van der Waals surface area contributed by atoms with E-state index in [0.717, 1.165) is 13.0 Å². The lowest BCUT2D eigenvalue weighted by Gasteiger charge is -2.06. The number of nitrogens with one attached hydrogen (secondary N) is 2.